The van der Waals surface area contributed by atoms with Gasteiger partial charge in [-0.15, -0.1) is 0 Å². The summed E-state index contributed by atoms with van der Waals surface area (Å²) in [5.74, 6) is 0.297. The van der Waals surface area contributed by atoms with Crippen LogP contribution in [0.15, 0.2) is 11.6 Å². The van der Waals surface area contributed by atoms with Crippen molar-refractivity contribution in [2.75, 3.05) is 5.75 Å². The van der Waals surface area contributed by atoms with E-state index in [0.717, 1.165) is 12.0 Å². The maximum atomic E-state index is 11.5. The molecule has 0 bridgehead atoms. The molecule has 1 rings (SSSR count). The lowest BCUT2D eigenvalue weighted by molar-refractivity contribution is -0.114. The second-order valence-electron chi connectivity index (χ2n) is 3.93. The van der Waals surface area contributed by atoms with Crippen LogP contribution in [0.3, 0.4) is 0 Å². The van der Waals surface area contributed by atoms with E-state index in [1.165, 1.54) is 0 Å². The van der Waals surface area contributed by atoms with E-state index in [-0.39, 0.29) is 16.8 Å². The van der Waals surface area contributed by atoms with E-state index in [1.54, 1.807) is 19.9 Å². The molecule has 4 heteroatoms. The Bertz CT molecular complexity index is 350. The molecular formula is C10H16O3S. The first-order valence-corrected chi connectivity index (χ1v) is 6.57. The third-order valence-corrected chi connectivity index (χ3v) is 4.69. The average Bonchev–Trinajstić information content (AvgIpc) is 2.48. The molecule has 0 radical (unpaired) electrons. The van der Waals surface area contributed by atoms with E-state index in [0.29, 0.717) is 12.8 Å². The summed E-state index contributed by atoms with van der Waals surface area (Å²) in [5.41, 5.74) is 0.985. The van der Waals surface area contributed by atoms with Gasteiger partial charge >= 0.3 is 0 Å². The van der Waals surface area contributed by atoms with Crippen LogP contribution in [-0.4, -0.2) is 25.2 Å². The van der Waals surface area contributed by atoms with Crippen molar-refractivity contribution in [2.24, 2.45) is 0 Å². The van der Waals surface area contributed by atoms with Crippen molar-refractivity contribution in [3.05, 3.63) is 11.6 Å². The predicted octanol–water partition coefficient (Wildman–Crippen LogP) is 1.49. The topological polar surface area (TPSA) is 51.2 Å². The number of carbonyl (C=O) groups excluding carboxylic acids is 1. The van der Waals surface area contributed by atoms with Crippen LogP contribution in [0.25, 0.3) is 0 Å². The van der Waals surface area contributed by atoms with Crippen molar-refractivity contribution in [1.82, 2.24) is 0 Å². The normalized spacial score (nSPS) is 17.6. The number of rotatable bonds is 4. The van der Waals surface area contributed by atoms with Crippen molar-refractivity contribution in [1.29, 1.82) is 0 Å². The van der Waals surface area contributed by atoms with E-state index < -0.39 is 9.84 Å². The van der Waals surface area contributed by atoms with Gasteiger partial charge in [0.15, 0.2) is 15.6 Å². The van der Waals surface area contributed by atoms with Gasteiger partial charge < -0.3 is 0 Å². The number of ketones is 1. The summed E-state index contributed by atoms with van der Waals surface area (Å²) in [6.07, 6.45) is 3.41. The maximum absolute atomic E-state index is 11.5. The molecule has 1 aliphatic rings. The Balaban J connectivity index is 2.49. The van der Waals surface area contributed by atoms with Crippen LogP contribution < -0.4 is 0 Å². The van der Waals surface area contributed by atoms with Crippen LogP contribution in [0.5, 0.6) is 0 Å². The summed E-state index contributed by atoms with van der Waals surface area (Å²) < 4.78 is 22.9. The number of allylic oxidation sites excluding steroid dienone is 2. The first-order chi connectivity index (χ1) is 6.42. The van der Waals surface area contributed by atoms with Crippen molar-refractivity contribution < 1.29 is 13.2 Å². The summed E-state index contributed by atoms with van der Waals surface area (Å²) >= 11 is 0. The fraction of sp³-hybridized carbons (Fsp3) is 0.700. The summed E-state index contributed by atoms with van der Waals surface area (Å²) in [6, 6.07) is 0. The van der Waals surface area contributed by atoms with Gasteiger partial charge in [0.25, 0.3) is 0 Å². The van der Waals surface area contributed by atoms with E-state index in [9.17, 15) is 13.2 Å². The largest absolute Gasteiger partial charge is 0.295 e. The molecule has 80 valence electrons. The number of sulfone groups is 1. The van der Waals surface area contributed by atoms with Gasteiger partial charge in [0.1, 0.15) is 0 Å². The van der Waals surface area contributed by atoms with E-state index in [4.69, 9.17) is 0 Å². The third-order valence-electron chi connectivity index (χ3n) is 2.48. The molecule has 0 heterocycles. The van der Waals surface area contributed by atoms with Gasteiger partial charge in [-0.2, -0.15) is 0 Å². The molecule has 1 aliphatic carbocycles. The van der Waals surface area contributed by atoms with Crippen LogP contribution in [0, 0.1) is 0 Å². The molecule has 0 saturated carbocycles. The van der Waals surface area contributed by atoms with Gasteiger partial charge in [-0.05, 0) is 32.8 Å². The minimum atomic E-state index is -2.96. The molecule has 3 nitrogen and oxygen atoms in total. The van der Waals surface area contributed by atoms with Gasteiger partial charge in [0.2, 0.25) is 0 Å². The van der Waals surface area contributed by atoms with Gasteiger partial charge in [0, 0.05) is 6.42 Å². The van der Waals surface area contributed by atoms with Crippen molar-refractivity contribution in [3.63, 3.8) is 0 Å². The number of carbonyl (C=O) groups is 1. The van der Waals surface area contributed by atoms with Gasteiger partial charge in [0.05, 0.1) is 11.0 Å². The zero-order chi connectivity index (χ0) is 10.8. The number of hydrogen-bond donors (Lipinski definition) is 0. The zero-order valence-electron chi connectivity index (χ0n) is 8.62. The van der Waals surface area contributed by atoms with Crippen LogP contribution in [0.1, 0.15) is 33.1 Å². The van der Waals surface area contributed by atoms with Crippen molar-refractivity contribution >= 4 is 15.6 Å². The fourth-order valence-electron chi connectivity index (χ4n) is 1.36. The quantitative estimate of drug-likeness (QED) is 0.715. The maximum Gasteiger partial charge on any atom is 0.155 e. The lowest BCUT2D eigenvalue weighted by atomic mass is 10.2. The minimum Gasteiger partial charge on any atom is -0.295 e. The molecule has 0 aromatic rings. The summed E-state index contributed by atoms with van der Waals surface area (Å²) in [6.45, 7) is 3.37. The second-order valence-corrected chi connectivity index (χ2v) is 6.61. The van der Waals surface area contributed by atoms with Gasteiger partial charge in [-0.3, -0.25) is 4.79 Å². The van der Waals surface area contributed by atoms with Gasteiger partial charge in [-0.25, -0.2) is 8.42 Å². The molecule has 14 heavy (non-hydrogen) atoms. The third kappa shape index (κ3) is 2.94. The molecule has 0 N–H and O–H groups in total. The SMILES string of the molecule is CC(C)S(=O)(=O)CCC1=CC(=O)CC1. The molecule has 0 atom stereocenters. The molecule has 0 spiro atoms. The summed E-state index contributed by atoms with van der Waals surface area (Å²) in [5, 5.41) is -0.319. The van der Waals surface area contributed by atoms with Crippen LogP contribution in [-0.2, 0) is 14.6 Å². The van der Waals surface area contributed by atoms with Crippen LogP contribution in [0.2, 0.25) is 0 Å². The molecule has 0 fully saturated rings. The highest BCUT2D eigenvalue weighted by Crippen LogP contribution is 2.19. The predicted molar refractivity (Wildman–Crippen MR) is 55.9 cm³/mol. The Morgan fingerprint density at radius 2 is 2.00 bits per heavy atom. The average molecular weight is 216 g/mol. The minimum absolute atomic E-state index is 0.127. The highest BCUT2D eigenvalue weighted by molar-refractivity contribution is 7.91. The monoisotopic (exact) mass is 216 g/mol. The van der Waals surface area contributed by atoms with E-state index >= 15 is 0 Å². The Kier molecular flexibility index (Phi) is 3.48. The molecule has 0 aliphatic heterocycles. The van der Waals surface area contributed by atoms with Crippen molar-refractivity contribution in [2.45, 2.75) is 38.4 Å². The highest BCUT2D eigenvalue weighted by Gasteiger charge is 2.18. The standard InChI is InChI=1S/C10H16O3S/c1-8(2)14(12,13)6-5-9-3-4-10(11)7-9/h7-8H,3-6H2,1-2H3. The molecule has 0 saturated heterocycles. The fourth-order valence-corrected chi connectivity index (χ4v) is 2.38. The van der Waals surface area contributed by atoms with Crippen molar-refractivity contribution in [3.8, 4) is 0 Å². The first-order valence-electron chi connectivity index (χ1n) is 4.85. The Morgan fingerprint density at radius 3 is 2.43 bits per heavy atom. The smallest absolute Gasteiger partial charge is 0.155 e. The lowest BCUT2D eigenvalue weighted by Gasteiger charge is -2.07. The van der Waals surface area contributed by atoms with Gasteiger partial charge in [-0.1, -0.05) is 5.57 Å². The molecule has 0 aromatic heterocycles. The van der Waals surface area contributed by atoms with E-state index in [2.05, 4.69) is 0 Å². The van der Waals surface area contributed by atoms with Crippen LogP contribution >= 0.6 is 0 Å². The Hall–Kier alpha value is -0.640. The molecule has 0 unspecified atom stereocenters. The molecular weight excluding hydrogens is 200 g/mol. The first kappa shape index (κ1) is 11.4. The summed E-state index contributed by atoms with van der Waals surface area (Å²) in [4.78, 5) is 10.9. The van der Waals surface area contributed by atoms with Crippen LogP contribution in [0.4, 0.5) is 0 Å². The molecule has 0 aromatic carbocycles. The highest BCUT2D eigenvalue weighted by atomic mass is 32.2. The number of hydrogen-bond acceptors (Lipinski definition) is 3. The second kappa shape index (κ2) is 4.26. The Labute approximate surface area is 85.1 Å². The van der Waals surface area contributed by atoms with E-state index in [1.807, 2.05) is 0 Å². The zero-order valence-corrected chi connectivity index (χ0v) is 9.43. The summed E-state index contributed by atoms with van der Waals surface area (Å²) in [7, 11) is -2.96. The molecule has 0 amide bonds. The Morgan fingerprint density at radius 1 is 1.36 bits per heavy atom. The lowest BCUT2D eigenvalue weighted by Crippen LogP contribution is -2.17.